The molecule has 14 heavy (non-hydrogen) atoms. The Bertz CT molecular complexity index is 117. The highest BCUT2D eigenvalue weighted by molar-refractivity contribution is 4.46. The molecule has 0 aliphatic carbocycles. The zero-order valence-electron chi connectivity index (χ0n) is 9.11. The molecule has 0 aromatic rings. The van der Waals surface area contributed by atoms with E-state index in [4.69, 9.17) is 19.7 Å². The molecule has 4 heteroatoms. The van der Waals surface area contributed by atoms with Gasteiger partial charge in [0.25, 0.3) is 0 Å². The Balaban J connectivity index is 2.99. The molecule has 0 aliphatic rings. The number of aliphatic hydroxyl groups is 2. The molecular weight excluding hydrogens is 184 g/mol. The summed E-state index contributed by atoms with van der Waals surface area (Å²) in [6.07, 6.45) is 1.38. The van der Waals surface area contributed by atoms with Gasteiger partial charge in [0.2, 0.25) is 0 Å². The van der Waals surface area contributed by atoms with Crippen LogP contribution < -0.4 is 0 Å². The van der Waals surface area contributed by atoms with E-state index in [1.165, 1.54) is 0 Å². The lowest BCUT2D eigenvalue weighted by atomic mass is 10.3. The molecule has 2 N–H and O–H groups in total. The molecule has 2 unspecified atom stereocenters. The lowest BCUT2D eigenvalue weighted by molar-refractivity contribution is 0.0147. The van der Waals surface area contributed by atoms with Gasteiger partial charge in [0.15, 0.2) is 0 Å². The van der Waals surface area contributed by atoms with Gasteiger partial charge >= 0.3 is 0 Å². The minimum Gasteiger partial charge on any atom is -0.394 e. The second kappa shape index (κ2) is 9.40. The Labute approximate surface area is 85.8 Å². The highest BCUT2D eigenvalue weighted by Crippen LogP contribution is 1.95. The molecule has 0 spiro atoms. The number of ether oxygens (including phenoxy) is 2. The van der Waals surface area contributed by atoms with Crippen LogP contribution in [-0.2, 0) is 9.47 Å². The minimum absolute atomic E-state index is 0.0680. The normalized spacial score (nSPS) is 15.4. The minimum atomic E-state index is -0.388. The molecule has 0 amide bonds. The summed E-state index contributed by atoms with van der Waals surface area (Å²) in [5.74, 6) is 0. The highest BCUT2D eigenvalue weighted by Gasteiger charge is 1.99. The van der Waals surface area contributed by atoms with E-state index in [9.17, 15) is 0 Å². The number of hydrogen-bond acceptors (Lipinski definition) is 4. The van der Waals surface area contributed by atoms with Crippen LogP contribution in [0.1, 0.15) is 26.7 Å². The molecule has 0 rings (SSSR count). The van der Waals surface area contributed by atoms with Crippen molar-refractivity contribution >= 4 is 0 Å². The van der Waals surface area contributed by atoms with E-state index in [2.05, 4.69) is 0 Å². The molecule has 86 valence electrons. The summed E-state index contributed by atoms with van der Waals surface area (Å²) < 4.78 is 10.4. The van der Waals surface area contributed by atoms with Crippen LogP contribution in [0.3, 0.4) is 0 Å². The summed E-state index contributed by atoms with van der Waals surface area (Å²) in [6.45, 7) is 5.31. The predicted molar refractivity (Wildman–Crippen MR) is 54.2 cm³/mol. The van der Waals surface area contributed by atoms with Gasteiger partial charge in [-0.25, -0.2) is 0 Å². The average Bonchev–Trinajstić information content (AvgIpc) is 2.15. The second-order valence-corrected chi connectivity index (χ2v) is 3.50. The summed E-state index contributed by atoms with van der Waals surface area (Å²) in [7, 11) is 0. The lowest BCUT2D eigenvalue weighted by Gasteiger charge is -2.10. The Morgan fingerprint density at radius 3 is 2.36 bits per heavy atom. The van der Waals surface area contributed by atoms with Crippen LogP contribution in [0.4, 0.5) is 0 Å². The standard InChI is InChI=1S/C10H22O4/c1-9(12)8-13-5-3-4-6-14-10(2)7-11/h9-12H,3-8H2,1-2H3. The van der Waals surface area contributed by atoms with Crippen molar-refractivity contribution in [3.63, 3.8) is 0 Å². The van der Waals surface area contributed by atoms with E-state index in [1.807, 2.05) is 6.92 Å². The van der Waals surface area contributed by atoms with Crippen molar-refractivity contribution in [3.8, 4) is 0 Å². The van der Waals surface area contributed by atoms with Gasteiger partial charge in [-0.05, 0) is 26.7 Å². The smallest absolute Gasteiger partial charge is 0.0777 e. The fourth-order valence-electron chi connectivity index (χ4n) is 0.897. The van der Waals surface area contributed by atoms with Gasteiger partial charge in [-0.15, -0.1) is 0 Å². The zero-order valence-corrected chi connectivity index (χ0v) is 9.11. The van der Waals surface area contributed by atoms with Crippen molar-refractivity contribution in [1.29, 1.82) is 0 Å². The van der Waals surface area contributed by atoms with Gasteiger partial charge in [-0.2, -0.15) is 0 Å². The van der Waals surface area contributed by atoms with Crippen molar-refractivity contribution < 1.29 is 19.7 Å². The van der Waals surface area contributed by atoms with E-state index in [1.54, 1.807) is 6.92 Å². The van der Waals surface area contributed by atoms with Crippen molar-refractivity contribution in [2.75, 3.05) is 26.4 Å². The van der Waals surface area contributed by atoms with Crippen molar-refractivity contribution in [2.45, 2.75) is 38.9 Å². The van der Waals surface area contributed by atoms with Crippen LogP contribution in [0, 0.1) is 0 Å². The Hall–Kier alpha value is -0.160. The number of aliphatic hydroxyl groups excluding tert-OH is 2. The fraction of sp³-hybridized carbons (Fsp3) is 1.00. The van der Waals surface area contributed by atoms with Gasteiger partial charge in [-0.3, -0.25) is 0 Å². The second-order valence-electron chi connectivity index (χ2n) is 3.50. The summed E-state index contributed by atoms with van der Waals surface area (Å²) in [6, 6.07) is 0. The van der Waals surface area contributed by atoms with Gasteiger partial charge in [0.05, 0.1) is 25.4 Å². The molecular formula is C10H22O4. The maximum absolute atomic E-state index is 8.88. The molecule has 0 heterocycles. The van der Waals surface area contributed by atoms with Crippen LogP contribution in [0.15, 0.2) is 0 Å². The first-order valence-corrected chi connectivity index (χ1v) is 5.15. The fourth-order valence-corrected chi connectivity index (χ4v) is 0.897. The van der Waals surface area contributed by atoms with E-state index in [0.717, 1.165) is 12.8 Å². The van der Waals surface area contributed by atoms with Crippen LogP contribution >= 0.6 is 0 Å². The monoisotopic (exact) mass is 206 g/mol. The van der Waals surface area contributed by atoms with Gasteiger partial charge in [-0.1, -0.05) is 0 Å². The number of rotatable bonds is 9. The summed E-state index contributed by atoms with van der Waals surface area (Å²) in [4.78, 5) is 0. The molecule has 4 nitrogen and oxygen atoms in total. The van der Waals surface area contributed by atoms with E-state index < -0.39 is 0 Å². The van der Waals surface area contributed by atoms with E-state index >= 15 is 0 Å². The molecule has 0 bridgehead atoms. The first-order valence-electron chi connectivity index (χ1n) is 5.15. The third kappa shape index (κ3) is 9.92. The van der Waals surface area contributed by atoms with Crippen LogP contribution in [0.25, 0.3) is 0 Å². The van der Waals surface area contributed by atoms with Gasteiger partial charge in [0.1, 0.15) is 0 Å². The SMILES string of the molecule is CC(O)COCCCCOC(C)CO. The first-order chi connectivity index (χ1) is 6.66. The lowest BCUT2D eigenvalue weighted by Crippen LogP contribution is -2.14. The third-order valence-electron chi connectivity index (χ3n) is 1.70. The molecule has 0 aliphatic heterocycles. The van der Waals surface area contributed by atoms with E-state index in [0.29, 0.717) is 19.8 Å². The zero-order chi connectivity index (χ0) is 10.8. The van der Waals surface area contributed by atoms with Crippen molar-refractivity contribution in [2.24, 2.45) is 0 Å². The maximum atomic E-state index is 8.88. The average molecular weight is 206 g/mol. The van der Waals surface area contributed by atoms with Gasteiger partial charge < -0.3 is 19.7 Å². The molecule has 2 atom stereocenters. The molecule has 0 radical (unpaired) electrons. The largest absolute Gasteiger partial charge is 0.394 e. The molecule has 0 saturated heterocycles. The topological polar surface area (TPSA) is 58.9 Å². The molecule has 0 aromatic heterocycles. The van der Waals surface area contributed by atoms with Crippen molar-refractivity contribution in [1.82, 2.24) is 0 Å². The van der Waals surface area contributed by atoms with Crippen LogP contribution in [0.5, 0.6) is 0 Å². The summed E-state index contributed by atoms with van der Waals surface area (Å²) in [5.41, 5.74) is 0. The van der Waals surface area contributed by atoms with Crippen LogP contribution in [0.2, 0.25) is 0 Å². The first kappa shape index (κ1) is 13.8. The predicted octanol–water partition coefficient (Wildman–Crippen LogP) is 0.561. The number of hydrogen-bond donors (Lipinski definition) is 2. The molecule has 0 aromatic carbocycles. The Morgan fingerprint density at radius 2 is 1.79 bits per heavy atom. The Morgan fingerprint density at radius 1 is 1.14 bits per heavy atom. The third-order valence-corrected chi connectivity index (χ3v) is 1.70. The molecule has 0 saturated carbocycles. The Kier molecular flexibility index (Phi) is 9.29. The quantitative estimate of drug-likeness (QED) is 0.541. The van der Waals surface area contributed by atoms with Gasteiger partial charge in [0, 0.05) is 13.2 Å². The van der Waals surface area contributed by atoms with Crippen molar-refractivity contribution in [3.05, 3.63) is 0 Å². The summed E-state index contributed by atoms with van der Waals surface area (Å²) in [5, 5.41) is 17.5. The van der Waals surface area contributed by atoms with Crippen LogP contribution in [-0.4, -0.2) is 48.8 Å². The highest BCUT2D eigenvalue weighted by atomic mass is 16.5. The molecule has 0 fully saturated rings. The van der Waals surface area contributed by atoms with E-state index in [-0.39, 0.29) is 18.8 Å². The number of unbranched alkanes of at least 4 members (excludes halogenated alkanes) is 1. The maximum Gasteiger partial charge on any atom is 0.0777 e. The summed E-state index contributed by atoms with van der Waals surface area (Å²) >= 11 is 0.